The van der Waals surface area contributed by atoms with Crippen LogP contribution in [0.2, 0.25) is 0 Å². The van der Waals surface area contributed by atoms with E-state index in [1.165, 1.54) is 0 Å². The zero-order chi connectivity index (χ0) is 11.7. The Hall–Kier alpha value is -1.13. The maximum atomic E-state index is 5.60. The monoisotopic (exact) mass is 279 g/mol. The Balaban J connectivity index is 2.52. The zero-order valence-electron chi connectivity index (χ0n) is 9.37. The molecule has 0 aliphatic heterocycles. The fourth-order valence-electron chi connectivity index (χ4n) is 1.72. The maximum Gasteiger partial charge on any atom is 0.0790 e. The summed E-state index contributed by atoms with van der Waals surface area (Å²) in [6.07, 6.45) is 0. The van der Waals surface area contributed by atoms with Gasteiger partial charge in [-0.1, -0.05) is 6.07 Å². The van der Waals surface area contributed by atoms with Crippen molar-refractivity contribution in [3.05, 3.63) is 45.7 Å². The molecule has 0 aliphatic carbocycles. The molecular weight excluding hydrogens is 266 g/mol. The molecule has 2 N–H and O–H groups in total. The Morgan fingerprint density at radius 1 is 1.31 bits per heavy atom. The first-order valence-electron chi connectivity index (χ1n) is 5.14. The standard InChI is InChI=1S/C12H14BrN3/c1-8-5-9(2)16(15-8)12-4-3-10(7-14)6-11(12)13/h3-6H,7,14H2,1-2H3. The second-order valence-electron chi connectivity index (χ2n) is 3.83. The summed E-state index contributed by atoms with van der Waals surface area (Å²) < 4.78 is 2.95. The minimum Gasteiger partial charge on any atom is -0.326 e. The number of aryl methyl sites for hydroxylation is 2. The lowest BCUT2D eigenvalue weighted by Crippen LogP contribution is -2.02. The molecule has 0 amide bonds. The van der Waals surface area contributed by atoms with Crippen LogP contribution in [0.4, 0.5) is 0 Å². The fraction of sp³-hybridized carbons (Fsp3) is 0.250. The van der Waals surface area contributed by atoms with Crippen molar-refractivity contribution in [2.24, 2.45) is 5.73 Å². The molecule has 4 heteroatoms. The first-order chi connectivity index (χ1) is 7.61. The minimum absolute atomic E-state index is 0.552. The molecule has 0 aliphatic rings. The van der Waals surface area contributed by atoms with Crippen molar-refractivity contribution in [2.75, 3.05) is 0 Å². The number of hydrogen-bond acceptors (Lipinski definition) is 2. The van der Waals surface area contributed by atoms with Crippen LogP contribution in [0.5, 0.6) is 0 Å². The highest BCUT2D eigenvalue weighted by Gasteiger charge is 2.07. The van der Waals surface area contributed by atoms with Gasteiger partial charge in [-0.05, 0) is 53.5 Å². The second-order valence-corrected chi connectivity index (χ2v) is 4.68. The van der Waals surface area contributed by atoms with Crippen LogP contribution < -0.4 is 5.73 Å². The van der Waals surface area contributed by atoms with Gasteiger partial charge in [0.05, 0.1) is 11.4 Å². The lowest BCUT2D eigenvalue weighted by molar-refractivity contribution is 0.828. The Kier molecular flexibility index (Phi) is 3.12. The van der Waals surface area contributed by atoms with E-state index in [-0.39, 0.29) is 0 Å². The van der Waals surface area contributed by atoms with E-state index < -0.39 is 0 Å². The lowest BCUT2D eigenvalue weighted by atomic mass is 10.2. The van der Waals surface area contributed by atoms with Gasteiger partial charge in [-0.25, -0.2) is 4.68 Å². The summed E-state index contributed by atoms with van der Waals surface area (Å²) in [5.41, 5.74) is 9.90. The lowest BCUT2D eigenvalue weighted by Gasteiger charge is -2.08. The van der Waals surface area contributed by atoms with E-state index >= 15 is 0 Å². The third-order valence-electron chi connectivity index (χ3n) is 2.49. The highest BCUT2D eigenvalue weighted by atomic mass is 79.9. The Bertz CT molecular complexity index is 517. The summed E-state index contributed by atoms with van der Waals surface area (Å²) in [7, 11) is 0. The SMILES string of the molecule is Cc1cc(C)n(-c2ccc(CN)cc2Br)n1. The number of nitrogens with zero attached hydrogens (tertiary/aromatic N) is 2. The van der Waals surface area contributed by atoms with E-state index in [1.807, 2.05) is 36.7 Å². The van der Waals surface area contributed by atoms with Crippen LogP contribution in [0, 0.1) is 13.8 Å². The predicted molar refractivity (Wildman–Crippen MR) is 68.6 cm³/mol. The number of nitrogens with two attached hydrogens (primary N) is 1. The highest BCUT2D eigenvalue weighted by molar-refractivity contribution is 9.10. The maximum absolute atomic E-state index is 5.60. The highest BCUT2D eigenvalue weighted by Crippen LogP contribution is 2.23. The Morgan fingerprint density at radius 2 is 2.06 bits per heavy atom. The smallest absolute Gasteiger partial charge is 0.0790 e. The van der Waals surface area contributed by atoms with Gasteiger partial charge < -0.3 is 5.73 Å². The molecule has 0 unspecified atom stereocenters. The van der Waals surface area contributed by atoms with E-state index in [0.717, 1.165) is 27.1 Å². The number of aromatic nitrogens is 2. The van der Waals surface area contributed by atoms with Gasteiger partial charge in [0.1, 0.15) is 0 Å². The van der Waals surface area contributed by atoms with Gasteiger partial charge in [0.25, 0.3) is 0 Å². The van der Waals surface area contributed by atoms with Crippen molar-refractivity contribution in [1.82, 2.24) is 9.78 Å². The third kappa shape index (κ3) is 2.03. The number of rotatable bonds is 2. The molecule has 1 aromatic carbocycles. The van der Waals surface area contributed by atoms with E-state index in [2.05, 4.69) is 27.1 Å². The molecule has 0 atom stereocenters. The van der Waals surface area contributed by atoms with Crippen molar-refractivity contribution in [3.8, 4) is 5.69 Å². The molecule has 1 aromatic heterocycles. The molecule has 84 valence electrons. The van der Waals surface area contributed by atoms with Crippen LogP contribution in [0.15, 0.2) is 28.7 Å². The van der Waals surface area contributed by atoms with Crippen molar-refractivity contribution >= 4 is 15.9 Å². The fourth-order valence-corrected chi connectivity index (χ4v) is 2.32. The van der Waals surface area contributed by atoms with E-state index in [9.17, 15) is 0 Å². The number of hydrogen-bond donors (Lipinski definition) is 1. The molecule has 3 nitrogen and oxygen atoms in total. The van der Waals surface area contributed by atoms with Gasteiger partial charge in [0.2, 0.25) is 0 Å². The summed E-state index contributed by atoms with van der Waals surface area (Å²) in [4.78, 5) is 0. The van der Waals surface area contributed by atoms with E-state index in [1.54, 1.807) is 0 Å². The van der Waals surface area contributed by atoms with Crippen molar-refractivity contribution in [2.45, 2.75) is 20.4 Å². The average Bonchev–Trinajstić information content (AvgIpc) is 2.57. The van der Waals surface area contributed by atoms with Gasteiger partial charge in [0.15, 0.2) is 0 Å². The minimum atomic E-state index is 0.552. The molecule has 0 bridgehead atoms. The van der Waals surface area contributed by atoms with Crippen LogP contribution >= 0.6 is 15.9 Å². The Labute approximate surface area is 103 Å². The Morgan fingerprint density at radius 3 is 2.56 bits per heavy atom. The van der Waals surface area contributed by atoms with Crippen LogP contribution in [0.3, 0.4) is 0 Å². The summed E-state index contributed by atoms with van der Waals surface area (Å²) in [5, 5.41) is 4.45. The summed E-state index contributed by atoms with van der Waals surface area (Å²) in [6, 6.07) is 8.15. The van der Waals surface area contributed by atoms with E-state index in [0.29, 0.717) is 6.54 Å². The second kappa shape index (κ2) is 4.39. The zero-order valence-corrected chi connectivity index (χ0v) is 11.0. The van der Waals surface area contributed by atoms with Gasteiger partial charge >= 0.3 is 0 Å². The molecule has 2 aromatic rings. The van der Waals surface area contributed by atoms with Crippen LogP contribution in [0.25, 0.3) is 5.69 Å². The molecular formula is C12H14BrN3. The van der Waals surface area contributed by atoms with Crippen LogP contribution in [-0.4, -0.2) is 9.78 Å². The van der Waals surface area contributed by atoms with Gasteiger partial charge in [0, 0.05) is 16.7 Å². The van der Waals surface area contributed by atoms with Crippen molar-refractivity contribution in [3.63, 3.8) is 0 Å². The van der Waals surface area contributed by atoms with E-state index in [4.69, 9.17) is 5.73 Å². The largest absolute Gasteiger partial charge is 0.326 e. The molecule has 1 heterocycles. The molecule has 0 saturated carbocycles. The number of benzene rings is 1. The normalized spacial score (nSPS) is 10.8. The predicted octanol–water partition coefficient (Wildman–Crippen LogP) is 2.71. The first kappa shape index (κ1) is 11.4. The molecule has 0 fully saturated rings. The third-order valence-corrected chi connectivity index (χ3v) is 3.12. The molecule has 0 saturated heterocycles. The summed E-state index contributed by atoms with van der Waals surface area (Å²) in [5.74, 6) is 0. The topological polar surface area (TPSA) is 43.8 Å². The van der Waals surface area contributed by atoms with Crippen molar-refractivity contribution in [1.29, 1.82) is 0 Å². The molecule has 0 spiro atoms. The van der Waals surface area contributed by atoms with Crippen LogP contribution in [0.1, 0.15) is 17.0 Å². The molecule has 0 radical (unpaired) electrons. The quantitative estimate of drug-likeness (QED) is 0.919. The van der Waals surface area contributed by atoms with Gasteiger partial charge in [-0.15, -0.1) is 0 Å². The van der Waals surface area contributed by atoms with Gasteiger partial charge in [-0.2, -0.15) is 5.10 Å². The molecule has 2 rings (SSSR count). The summed E-state index contributed by atoms with van der Waals surface area (Å²) >= 11 is 3.55. The van der Waals surface area contributed by atoms with Crippen LogP contribution in [-0.2, 0) is 6.54 Å². The molecule has 16 heavy (non-hydrogen) atoms. The van der Waals surface area contributed by atoms with Crippen molar-refractivity contribution < 1.29 is 0 Å². The average molecular weight is 280 g/mol. The number of halogens is 1. The first-order valence-corrected chi connectivity index (χ1v) is 5.93. The van der Waals surface area contributed by atoms with Gasteiger partial charge in [-0.3, -0.25) is 0 Å². The summed E-state index contributed by atoms with van der Waals surface area (Å²) in [6.45, 7) is 4.59.